The molecule has 1 aliphatic heterocycles. The second-order valence-electron chi connectivity index (χ2n) is 6.49. The molecule has 3 aromatic rings. The zero-order chi connectivity index (χ0) is 15.4. The predicted octanol–water partition coefficient (Wildman–Crippen LogP) is 3.98. The van der Waals surface area contributed by atoms with Crippen molar-refractivity contribution in [1.82, 2.24) is 14.5 Å². The van der Waals surface area contributed by atoms with E-state index in [9.17, 15) is 0 Å². The van der Waals surface area contributed by atoms with Gasteiger partial charge in [-0.25, -0.2) is 9.97 Å². The Kier molecular flexibility index (Phi) is 2.89. The fourth-order valence-electron chi connectivity index (χ4n) is 3.49. The second-order valence-corrected chi connectivity index (χ2v) is 6.93. The van der Waals surface area contributed by atoms with Gasteiger partial charge in [0, 0.05) is 37.1 Å². The molecular weight excluding hydrogens is 308 g/mol. The van der Waals surface area contributed by atoms with Crippen LogP contribution in [-0.2, 0) is 6.54 Å². The van der Waals surface area contributed by atoms with Gasteiger partial charge in [-0.05, 0) is 37.0 Å². The molecule has 0 bridgehead atoms. The van der Waals surface area contributed by atoms with E-state index >= 15 is 0 Å². The monoisotopic (exact) mass is 324 g/mol. The molecule has 5 rings (SSSR count). The summed E-state index contributed by atoms with van der Waals surface area (Å²) in [6.07, 6.45) is 4.44. The SMILES string of the molecule is Clc1cnc2c(c1)nc1n2CCN(CC2CC2)c2ccccc2-1. The van der Waals surface area contributed by atoms with E-state index < -0.39 is 0 Å². The highest BCUT2D eigenvalue weighted by atomic mass is 35.5. The molecular formula is C18H17ClN4. The van der Waals surface area contributed by atoms with Gasteiger partial charge in [0.15, 0.2) is 5.65 Å². The molecule has 0 amide bonds. The van der Waals surface area contributed by atoms with Crippen LogP contribution in [0.2, 0.25) is 5.02 Å². The number of benzene rings is 1. The first-order chi connectivity index (χ1) is 11.3. The highest BCUT2D eigenvalue weighted by Gasteiger charge is 2.28. The van der Waals surface area contributed by atoms with Crippen molar-refractivity contribution in [2.24, 2.45) is 5.92 Å². The Bertz CT molecular complexity index is 897. The standard InChI is InChI=1S/C18H17ClN4/c19-13-9-15-18(20-10-13)23-8-7-22(11-12-5-6-12)16-4-2-1-3-14(16)17(23)21-15/h1-4,9-10,12H,5-8,11H2. The number of para-hydroxylation sites is 1. The van der Waals surface area contributed by atoms with Crippen LogP contribution < -0.4 is 4.90 Å². The van der Waals surface area contributed by atoms with Gasteiger partial charge < -0.3 is 9.47 Å². The molecule has 1 saturated carbocycles. The van der Waals surface area contributed by atoms with Gasteiger partial charge in [0.2, 0.25) is 0 Å². The summed E-state index contributed by atoms with van der Waals surface area (Å²) in [4.78, 5) is 11.9. The highest BCUT2D eigenvalue weighted by Crippen LogP contribution is 2.38. The van der Waals surface area contributed by atoms with E-state index in [0.29, 0.717) is 5.02 Å². The summed E-state index contributed by atoms with van der Waals surface area (Å²) in [6.45, 7) is 3.05. The van der Waals surface area contributed by atoms with Crippen molar-refractivity contribution < 1.29 is 0 Å². The second kappa shape index (κ2) is 4.96. The Morgan fingerprint density at radius 2 is 2.04 bits per heavy atom. The van der Waals surface area contributed by atoms with Crippen LogP contribution in [-0.4, -0.2) is 27.6 Å². The summed E-state index contributed by atoms with van der Waals surface area (Å²) in [5.74, 6) is 1.87. The van der Waals surface area contributed by atoms with Crippen LogP contribution in [0.1, 0.15) is 12.8 Å². The van der Waals surface area contributed by atoms with Gasteiger partial charge in [0.1, 0.15) is 11.3 Å². The van der Waals surface area contributed by atoms with Crippen molar-refractivity contribution in [1.29, 1.82) is 0 Å². The van der Waals surface area contributed by atoms with Crippen LogP contribution in [0, 0.1) is 5.92 Å². The number of fused-ring (bicyclic) bond motifs is 5. The van der Waals surface area contributed by atoms with E-state index in [2.05, 4.69) is 38.7 Å². The number of hydrogen-bond donors (Lipinski definition) is 0. The van der Waals surface area contributed by atoms with E-state index in [1.165, 1.54) is 24.1 Å². The average molecular weight is 325 g/mol. The maximum Gasteiger partial charge on any atom is 0.160 e. The zero-order valence-corrected chi connectivity index (χ0v) is 13.5. The molecule has 116 valence electrons. The summed E-state index contributed by atoms with van der Waals surface area (Å²) >= 11 is 6.08. The fraction of sp³-hybridized carbons (Fsp3) is 0.333. The third-order valence-electron chi connectivity index (χ3n) is 4.81. The minimum atomic E-state index is 0.634. The minimum Gasteiger partial charge on any atom is -0.369 e. The van der Waals surface area contributed by atoms with E-state index in [1.807, 2.05) is 6.07 Å². The maximum atomic E-state index is 6.08. The smallest absolute Gasteiger partial charge is 0.160 e. The van der Waals surface area contributed by atoms with Crippen molar-refractivity contribution >= 4 is 28.5 Å². The summed E-state index contributed by atoms with van der Waals surface area (Å²) < 4.78 is 2.23. The largest absolute Gasteiger partial charge is 0.369 e. The number of aromatic nitrogens is 3. The maximum absolute atomic E-state index is 6.08. The molecule has 0 N–H and O–H groups in total. The van der Waals surface area contributed by atoms with Crippen LogP contribution in [0.15, 0.2) is 36.5 Å². The molecule has 2 aliphatic rings. The van der Waals surface area contributed by atoms with Gasteiger partial charge in [-0.1, -0.05) is 23.7 Å². The molecule has 0 radical (unpaired) electrons. The number of halogens is 1. The molecule has 1 aromatic carbocycles. The lowest BCUT2D eigenvalue weighted by atomic mass is 10.1. The summed E-state index contributed by atoms with van der Waals surface area (Å²) in [5.41, 5.74) is 4.28. The number of rotatable bonds is 2. The first kappa shape index (κ1) is 13.4. The van der Waals surface area contributed by atoms with Gasteiger partial charge in [-0.15, -0.1) is 0 Å². The summed E-state index contributed by atoms with van der Waals surface area (Å²) in [5, 5.41) is 0.634. The van der Waals surface area contributed by atoms with Crippen molar-refractivity contribution in [2.75, 3.05) is 18.0 Å². The minimum absolute atomic E-state index is 0.634. The van der Waals surface area contributed by atoms with Crippen LogP contribution in [0.4, 0.5) is 5.69 Å². The number of hydrogen-bond acceptors (Lipinski definition) is 3. The van der Waals surface area contributed by atoms with Gasteiger partial charge in [-0.3, -0.25) is 0 Å². The number of anilines is 1. The predicted molar refractivity (Wildman–Crippen MR) is 92.9 cm³/mol. The lowest BCUT2D eigenvalue weighted by Gasteiger charge is -2.24. The van der Waals surface area contributed by atoms with Crippen molar-refractivity contribution in [3.63, 3.8) is 0 Å². The van der Waals surface area contributed by atoms with Gasteiger partial charge in [-0.2, -0.15) is 0 Å². The number of imidazole rings is 1. The first-order valence-electron chi connectivity index (χ1n) is 8.16. The van der Waals surface area contributed by atoms with Gasteiger partial charge in [0.25, 0.3) is 0 Å². The molecule has 2 aromatic heterocycles. The van der Waals surface area contributed by atoms with Crippen LogP contribution in [0.5, 0.6) is 0 Å². The van der Waals surface area contributed by atoms with Gasteiger partial charge in [0.05, 0.1) is 5.02 Å². The van der Waals surface area contributed by atoms with Crippen LogP contribution >= 0.6 is 11.6 Å². The summed E-state index contributed by atoms with van der Waals surface area (Å²) in [6, 6.07) is 10.5. The summed E-state index contributed by atoms with van der Waals surface area (Å²) in [7, 11) is 0. The Hall–Kier alpha value is -2.07. The van der Waals surface area contributed by atoms with E-state index in [1.54, 1.807) is 6.20 Å². The molecule has 1 fully saturated rings. The van der Waals surface area contributed by atoms with E-state index in [-0.39, 0.29) is 0 Å². The highest BCUT2D eigenvalue weighted by molar-refractivity contribution is 6.31. The lowest BCUT2D eigenvalue weighted by molar-refractivity contribution is 0.656. The van der Waals surface area contributed by atoms with Crippen LogP contribution in [0.3, 0.4) is 0 Å². The van der Waals surface area contributed by atoms with E-state index in [4.69, 9.17) is 16.6 Å². The molecule has 0 spiro atoms. The normalized spacial score (nSPS) is 17.0. The molecule has 5 heteroatoms. The molecule has 3 heterocycles. The molecule has 4 nitrogen and oxygen atoms in total. The third-order valence-corrected chi connectivity index (χ3v) is 5.01. The molecule has 23 heavy (non-hydrogen) atoms. The molecule has 1 aliphatic carbocycles. The lowest BCUT2D eigenvalue weighted by Crippen LogP contribution is -2.28. The van der Waals surface area contributed by atoms with E-state index in [0.717, 1.165) is 42.5 Å². The third kappa shape index (κ3) is 2.20. The topological polar surface area (TPSA) is 34.0 Å². The van der Waals surface area contributed by atoms with Crippen molar-refractivity contribution in [2.45, 2.75) is 19.4 Å². The average Bonchev–Trinajstić information content (AvgIpc) is 3.33. The van der Waals surface area contributed by atoms with Gasteiger partial charge >= 0.3 is 0 Å². The van der Waals surface area contributed by atoms with Crippen molar-refractivity contribution in [3.8, 4) is 11.4 Å². The number of pyridine rings is 1. The Morgan fingerprint density at radius 1 is 1.17 bits per heavy atom. The Balaban J connectivity index is 1.70. The first-order valence-corrected chi connectivity index (χ1v) is 8.53. The van der Waals surface area contributed by atoms with Crippen molar-refractivity contribution in [3.05, 3.63) is 41.6 Å². The fourth-order valence-corrected chi connectivity index (χ4v) is 3.64. The van der Waals surface area contributed by atoms with Crippen LogP contribution in [0.25, 0.3) is 22.6 Å². The molecule has 0 saturated heterocycles. The molecule has 0 atom stereocenters. The quantitative estimate of drug-likeness (QED) is 0.715. The zero-order valence-electron chi connectivity index (χ0n) is 12.7. The number of nitrogens with zero attached hydrogens (tertiary/aromatic N) is 4. The Morgan fingerprint density at radius 3 is 2.91 bits per heavy atom. The molecule has 0 unspecified atom stereocenters. The Labute approximate surface area is 139 Å².